The van der Waals surface area contributed by atoms with Crippen molar-refractivity contribution in [2.45, 2.75) is 205 Å². The van der Waals surface area contributed by atoms with E-state index in [0.29, 0.717) is 64.4 Å². The lowest BCUT2D eigenvalue weighted by Crippen LogP contribution is -2.65. The van der Waals surface area contributed by atoms with E-state index in [-0.39, 0.29) is 42.9 Å². The van der Waals surface area contributed by atoms with Gasteiger partial charge in [0, 0.05) is 30.1 Å². The third kappa shape index (κ3) is 11.1. The van der Waals surface area contributed by atoms with E-state index >= 15 is 0 Å². The van der Waals surface area contributed by atoms with Crippen molar-refractivity contribution in [2.24, 2.45) is 41.4 Å². The number of rotatable bonds is 18. The third-order valence-corrected chi connectivity index (χ3v) is 16.3. The minimum Gasteiger partial charge on any atom is -0.481 e. The Bertz CT molecular complexity index is 1810. The van der Waals surface area contributed by atoms with E-state index in [2.05, 4.69) is 26.1 Å². The monoisotopic (exact) mass is 928 g/mol. The SMILES string of the molecule is CC[C@@H](C(=O)[C@@H](C)[C@@H](O)[C@H](C)[C@@H]1O[C@@H]([C@@H](CC)C(=O)O)CC[C@@H]1C)[C@H]1O[C@]2(C=C[C@@H](NC(=O)OCCOCc3ccccc3)[C@]3(CC[C@@](C)([C@H]4CC[C@](O)(CC)[C@H](C)O4)O3)O2)[C@H](C)C[C@@H]1C. The van der Waals surface area contributed by atoms with Gasteiger partial charge in [0.05, 0.1) is 67.0 Å². The van der Waals surface area contributed by atoms with Crippen LogP contribution in [0.4, 0.5) is 4.79 Å². The summed E-state index contributed by atoms with van der Waals surface area (Å²) in [5, 5.41) is 36.0. The summed E-state index contributed by atoms with van der Waals surface area (Å²) in [6, 6.07) is 8.99. The van der Waals surface area contributed by atoms with E-state index in [1.54, 1.807) is 6.92 Å². The molecule has 4 N–H and O–H groups in total. The zero-order valence-electron chi connectivity index (χ0n) is 41.2. The number of carbonyl (C=O) groups excluding carboxylic acids is 2. The number of hydrogen-bond acceptors (Lipinski definition) is 12. The van der Waals surface area contributed by atoms with Gasteiger partial charge >= 0.3 is 12.1 Å². The van der Waals surface area contributed by atoms with Gasteiger partial charge < -0.3 is 53.8 Å². The van der Waals surface area contributed by atoms with Crippen molar-refractivity contribution < 1.29 is 62.9 Å². The second-order valence-corrected chi connectivity index (χ2v) is 20.8. The van der Waals surface area contributed by atoms with Crippen LogP contribution in [0.3, 0.4) is 0 Å². The fourth-order valence-corrected chi connectivity index (χ4v) is 11.8. The summed E-state index contributed by atoms with van der Waals surface area (Å²) in [6.07, 6.45) is 5.45. The van der Waals surface area contributed by atoms with Gasteiger partial charge in [-0.25, -0.2) is 4.79 Å². The number of ketones is 1. The largest absolute Gasteiger partial charge is 0.481 e. The highest BCUT2D eigenvalue weighted by atomic mass is 16.8. The van der Waals surface area contributed by atoms with E-state index in [1.807, 2.05) is 84.0 Å². The molecule has 0 unspecified atom stereocenters. The van der Waals surface area contributed by atoms with Gasteiger partial charge in [0.25, 0.3) is 0 Å². The van der Waals surface area contributed by atoms with Crippen molar-refractivity contribution >= 4 is 17.8 Å². The smallest absolute Gasteiger partial charge is 0.407 e. The first kappa shape index (κ1) is 52.4. The van der Waals surface area contributed by atoms with Crippen molar-refractivity contribution in [1.82, 2.24) is 5.32 Å². The minimum absolute atomic E-state index is 0.0366. The number of aliphatic hydroxyl groups is 2. The molecule has 0 bridgehead atoms. The molecule has 66 heavy (non-hydrogen) atoms. The van der Waals surface area contributed by atoms with Crippen LogP contribution >= 0.6 is 0 Å². The summed E-state index contributed by atoms with van der Waals surface area (Å²) in [5.74, 6) is -6.27. The standard InChI is InChI=1S/C52H81NO13/c1-11-38(47(56)57)40-20-19-31(4)45(63-40)35(8)43(54)34(7)44(55)39(12-2)46-32(5)29-33(6)51(64-46)24-21-41(53-48(58)61-28-27-60-30-37-17-15-14-16-18-37)52(66-51)26-25-49(10,65-52)42-22-23-50(59,13-3)36(9)62-42/h14-18,21,24,31-36,38-43,45-46,54,59H,11-13,19-20,22-23,25-30H2,1-10H3,(H,53,58)(H,56,57)/t31-,32-,33+,34-,35-,36-,38+,39-,40+,41+,42+,43+,45+,46-,49-,50+,51-,52-/m0/s1. The molecule has 0 saturated carbocycles. The summed E-state index contributed by atoms with van der Waals surface area (Å²) in [6.45, 7) is 20.2. The Morgan fingerprint density at radius 1 is 0.879 bits per heavy atom. The van der Waals surface area contributed by atoms with Crippen LogP contribution in [0, 0.1) is 41.4 Å². The number of carbonyl (C=O) groups is 3. The first-order chi connectivity index (χ1) is 31.3. The van der Waals surface area contributed by atoms with Crippen LogP contribution in [0.15, 0.2) is 42.5 Å². The molecule has 0 radical (unpaired) electrons. The van der Waals surface area contributed by atoms with Crippen molar-refractivity contribution in [1.29, 1.82) is 0 Å². The highest BCUT2D eigenvalue weighted by Crippen LogP contribution is 2.54. The van der Waals surface area contributed by atoms with Gasteiger partial charge in [-0.05, 0) is 95.1 Å². The molecule has 4 fully saturated rings. The number of hydrogen-bond donors (Lipinski definition) is 4. The quantitative estimate of drug-likeness (QED) is 0.0817. The van der Waals surface area contributed by atoms with Gasteiger partial charge in [-0.3, -0.25) is 9.59 Å². The molecule has 6 rings (SSSR count). The number of carboxylic acids is 1. The summed E-state index contributed by atoms with van der Waals surface area (Å²) < 4.78 is 45.9. The molecule has 2 spiro atoms. The Kier molecular flexibility index (Phi) is 17.3. The molecule has 5 aliphatic heterocycles. The second-order valence-electron chi connectivity index (χ2n) is 20.8. The zero-order valence-corrected chi connectivity index (χ0v) is 41.2. The molecule has 372 valence electrons. The van der Waals surface area contributed by atoms with Gasteiger partial charge in [0.2, 0.25) is 0 Å². The molecule has 1 aromatic rings. The number of amides is 1. The van der Waals surface area contributed by atoms with Gasteiger partial charge in [-0.2, -0.15) is 0 Å². The molecule has 0 aliphatic carbocycles. The van der Waals surface area contributed by atoms with Crippen LogP contribution in [0.25, 0.3) is 0 Å². The molecular weight excluding hydrogens is 847 g/mol. The van der Waals surface area contributed by atoms with E-state index in [0.717, 1.165) is 12.0 Å². The number of benzene rings is 1. The minimum atomic E-state index is -1.41. The highest BCUT2D eigenvalue weighted by molar-refractivity contribution is 5.84. The molecule has 4 saturated heterocycles. The Balaban J connectivity index is 1.20. The fourth-order valence-electron chi connectivity index (χ4n) is 11.8. The molecule has 18 atom stereocenters. The van der Waals surface area contributed by atoms with Crippen LogP contribution in [0.5, 0.6) is 0 Å². The first-order valence-electron chi connectivity index (χ1n) is 25.1. The highest BCUT2D eigenvalue weighted by Gasteiger charge is 2.63. The lowest BCUT2D eigenvalue weighted by Gasteiger charge is -2.55. The molecule has 5 aliphatic rings. The Labute approximate surface area is 393 Å². The first-order valence-corrected chi connectivity index (χ1v) is 25.1. The summed E-state index contributed by atoms with van der Waals surface area (Å²) in [4.78, 5) is 40.3. The fraction of sp³-hybridized carbons (Fsp3) is 0.788. The van der Waals surface area contributed by atoms with Gasteiger partial charge in [-0.15, -0.1) is 0 Å². The predicted molar refractivity (Wildman–Crippen MR) is 247 cm³/mol. The van der Waals surface area contributed by atoms with Crippen molar-refractivity contribution in [3.05, 3.63) is 48.0 Å². The van der Waals surface area contributed by atoms with E-state index in [9.17, 15) is 29.7 Å². The molecule has 1 aromatic carbocycles. The van der Waals surface area contributed by atoms with Crippen molar-refractivity contribution in [3.8, 4) is 0 Å². The van der Waals surface area contributed by atoms with Crippen molar-refractivity contribution in [3.63, 3.8) is 0 Å². The number of carboxylic acid groups (broad SMARTS) is 1. The average molecular weight is 928 g/mol. The number of aliphatic carboxylic acids is 1. The number of ether oxygens (including phenoxy) is 7. The normalized spacial score (nSPS) is 39.2. The van der Waals surface area contributed by atoms with Crippen LogP contribution in [-0.2, 0) is 49.4 Å². The Morgan fingerprint density at radius 2 is 1.59 bits per heavy atom. The molecule has 5 heterocycles. The predicted octanol–water partition coefficient (Wildman–Crippen LogP) is 8.14. The summed E-state index contributed by atoms with van der Waals surface area (Å²) >= 11 is 0. The third-order valence-electron chi connectivity index (χ3n) is 16.3. The van der Waals surface area contributed by atoms with Crippen LogP contribution < -0.4 is 5.32 Å². The van der Waals surface area contributed by atoms with E-state index in [1.165, 1.54) is 0 Å². The van der Waals surface area contributed by atoms with E-state index in [4.69, 9.17) is 33.2 Å². The second kappa shape index (κ2) is 21.8. The Hall–Kier alpha value is -2.95. The van der Waals surface area contributed by atoms with Gasteiger partial charge in [0.1, 0.15) is 18.4 Å². The zero-order chi connectivity index (χ0) is 48.2. The topological polar surface area (TPSA) is 189 Å². The maximum Gasteiger partial charge on any atom is 0.407 e. The number of alkyl carbamates (subject to hydrolysis) is 1. The summed E-state index contributed by atoms with van der Waals surface area (Å²) in [7, 11) is 0. The van der Waals surface area contributed by atoms with Crippen molar-refractivity contribution in [2.75, 3.05) is 13.2 Å². The molecular formula is C52H81NO13. The number of aliphatic hydroxyl groups excluding tert-OH is 1. The molecule has 14 nitrogen and oxygen atoms in total. The van der Waals surface area contributed by atoms with Crippen LogP contribution in [0.2, 0.25) is 0 Å². The lowest BCUT2D eigenvalue weighted by atomic mass is 9.72. The van der Waals surface area contributed by atoms with Gasteiger partial charge in [0.15, 0.2) is 11.6 Å². The maximum atomic E-state index is 14.7. The average Bonchev–Trinajstić information content (AvgIpc) is 3.64. The number of Topliss-reactive ketones (excluding diaryl/α,β-unsaturated/α-hetero) is 1. The molecule has 1 amide bonds. The Morgan fingerprint density at radius 3 is 2.24 bits per heavy atom. The summed E-state index contributed by atoms with van der Waals surface area (Å²) in [5.41, 5.74) is -0.758. The molecule has 14 heteroatoms. The van der Waals surface area contributed by atoms with Crippen LogP contribution in [0.1, 0.15) is 139 Å². The maximum absolute atomic E-state index is 14.7. The number of nitrogens with one attached hydrogen (secondary N) is 1. The van der Waals surface area contributed by atoms with Gasteiger partial charge in [-0.1, -0.05) is 91.8 Å². The molecule has 0 aromatic heterocycles. The van der Waals surface area contributed by atoms with Crippen LogP contribution in [-0.4, -0.2) is 112 Å². The lowest BCUT2D eigenvalue weighted by molar-refractivity contribution is -0.398. The van der Waals surface area contributed by atoms with E-state index < -0.39 is 95.1 Å².